The summed E-state index contributed by atoms with van der Waals surface area (Å²) in [6.07, 6.45) is 4.13. The molecule has 2 N–H and O–H groups in total. The van der Waals surface area contributed by atoms with Crippen LogP contribution in [0.3, 0.4) is 0 Å². The molecule has 1 aromatic heterocycles. The number of anilines is 1. The lowest BCUT2D eigenvalue weighted by Crippen LogP contribution is -2.26. The van der Waals surface area contributed by atoms with Crippen molar-refractivity contribution in [2.45, 2.75) is 30.8 Å². The van der Waals surface area contributed by atoms with Crippen LogP contribution >= 0.6 is 27.5 Å². The van der Waals surface area contributed by atoms with Crippen molar-refractivity contribution in [3.05, 3.63) is 21.3 Å². The number of rotatable bonds is 0. The Balaban J connectivity index is 2.14. The highest BCUT2D eigenvalue weighted by Gasteiger charge is 2.46. The number of hydrogen-bond acceptors (Lipinski definition) is 3. The van der Waals surface area contributed by atoms with Crippen LogP contribution in [-0.2, 0) is 5.41 Å². The molecule has 0 bridgehead atoms. The van der Waals surface area contributed by atoms with E-state index < -0.39 is 0 Å². The Labute approximate surface area is 107 Å². The summed E-state index contributed by atoms with van der Waals surface area (Å²) in [5, 5.41) is 13.8. The van der Waals surface area contributed by atoms with Crippen LogP contribution in [0.25, 0.3) is 0 Å². The molecule has 0 aromatic carbocycles. The second kappa shape index (κ2) is 3.59. The van der Waals surface area contributed by atoms with E-state index in [-0.39, 0.29) is 11.5 Å². The minimum atomic E-state index is -0.206. The van der Waals surface area contributed by atoms with Crippen molar-refractivity contribution < 1.29 is 5.11 Å². The second-order valence-corrected chi connectivity index (χ2v) is 5.91. The lowest BCUT2D eigenvalue weighted by atomic mass is 9.81. The zero-order chi connectivity index (χ0) is 11.3. The van der Waals surface area contributed by atoms with Gasteiger partial charge in [-0.2, -0.15) is 0 Å². The molecule has 1 aliphatic carbocycles. The number of nitrogens with one attached hydrogen (secondary N) is 1. The SMILES string of the molecule is OC1CCC2(CNc3ncc(Br)c(Cl)c32)C1. The Morgan fingerprint density at radius 1 is 1.62 bits per heavy atom. The predicted molar refractivity (Wildman–Crippen MR) is 67.0 cm³/mol. The number of pyridine rings is 1. The molecule has 0 saturated heterocycles. The monoisotopic (exact) mass is 302 g/mol. The molecule has 1 saturated carbocycles. The highest BCUT2D eigenvalue weighted by atomic mass is 79.9. The first-order valence-corrected chi connectivity index (χ1v) is 6.56. The van der Waals surface area contributed by atoms with Crippen LogP contribution in [-0.4, -0.2) is 22.7 Å². The Bertz CT molecular complexity index is 450. The maximum atomic E-state index is 9.74. The van der Waals surface area contributed by atoms with Gasteiger partial charge in [-0.25, -0.2) is 4.98 Å². The molecule has 1 aromatic rings. The molecule has 1 spiro atoms. The summed E-state index contributed by atoms with van der Waals surface area (Å²) in [6, 6.07) is 0. The molecule has 2 atom stereocenters. The molecule has 16 heavy (non-hydrogen) atoms. The van der Waals surface area contributed by atoms with Crippen LogP contribution in [0, 0.1) is 0 Å². The van der Waals surface area contributed by atoms with Gasteiger partial charge in [-0.1, -0.05) is 11.6 Å². The van der Waals surface area contributed by atoms with Gasteiger partial charge in [-0.3, -0.25) is 0 Å². The van der Waals surface area contributed by atoms with Crippen LogP contribution in [0.1, 0.15) is 24.8 Å². The molecular weight excluding hydrogens is 291 g/mol. The molecule has 0 amide bonds. The molecule has 2 aliphatic rings. The zero-order valence-electron chi connectivity index (χ0n) is 8.63. The van der Waals surface area contributed by atoms with Gasteiger partial charge >= 0.3 is 0 Å². The first-order chi connectivity index (χ1) is 7.62. The lowest BCUT2D eigenvalue weighted by molar-refractivity contribution is 0.175. The quantitative estimate of drug-likeness (QED) is 0.774. The molecule has 1 aliphatic heterocycles. The third-order valence-corrected chi connectivity index (χ3v) is 4.90. The number of nitrogens with zero attached hydrogens (tertiary/aromatic N) is 1. The molecule has 2 unspecified atom stereocenters. The Morgan fingerprint density at radius 2 is 2.44 bits per heavy atom. The van der Waals surface area contributed by atoms with Crippen molar-refractivity contribution >= 4 is 33.3 Å². The predicted octanol–water partition coefficient (Wildman–Crippen LogP) is 2.71. The first-order valence-electron chi connectivity index (χ1n) is 5.39. The zero-order valence-corrected chi connectivity index (χ0v) is 11.0. The average Bonchev–Trinajstić information content (AvgIpc) is 2.79. The van der Waals surface area contributed by atoms with Crippen LogP contribution in [0.2, 0.25) is 5.02 Å². The molecule has 1 fully saturated rings. The van der Waals surface area contributed by atoms with E-state index in [1.54, 1.807) is 6.20 Å². The average molecular weight is 304 g/mol. The van der Waals surface area contributed by atoms with E-state index in [9.17, 15) is 5.11 Å². The summed E-state index contributed by atoms with van der Waals surface area (Å²) < 4.78 is 0.831. The van der Waals surface area contributed by atoms with E-state index in [1.807, 2.05) is 0 Å². The highest BCUT2D eigenvalue weighted by Crippen LogP contribution is 2.51. The lowest BCUT2D eigenvalue weighted by Gasteiger charge is -2.23. The Hall–Kier alpha value is -0.320. The van der Waals surface area contributed by atoms with Gasteiger partial charge in [-0.05, 0) is 35.2 Å². The van der Waals surface area contributed by atoms with Crippen LogP contribution < -0.4 is 5.32 Å². The molecule has 3 nitrogen and oxygen atoms in total. The summed E-state index contributed by atoms with van der Waals surface area (Å²) >= 11 is 9.76. The van der Waals surface area contributed by atoms with Crippen molar-refractivity contribution in [2.75, 3.05) is 11.9 Å². The number of aliphatic hydroxyl groups is 1. The van der Waals surface area contributed by atoms with Gasteiger partial charge in [0.2, 0.25) is 0 Å². The van der Waals surface area contributed by atoms with E-state index in [0.717, 1.165) is 46.7 Å². The van der Waals surface area contributed by atoms with Crippen LogP contribution in [0.4, 0.5) is 5.82 Å². The molecule has 0 radical (unpaired) electrons. The normalized spacial score (nSPS) is 31.8. The van der Waals surface area contributed by atoms with Gasteiger partial charge in [0.1, 0.15) is 5.82 Å². The molecular formula is C11H12BrClN2O. The number of halogens is 2. The van der Waals surface area contributed by atoms with E-state index in [1.165, 1.54) is 0 Å². The van der Waals surface area contributed by atoms with Gasteiger partial charge in [0.25, 0.3) is 0 Å². The fraction of sp³-hybridized carbons (Fsp3) is 0.545. The number of aromatic nitrogens is 1. The number of hydrogen-bond donors (Lipinski definition) is 2. The molecule has 3 rings (SSSR count). The van der Waals surface area contributed by atoms with E-state index in [2.05, 4.69) is 26.2 Å². The Morgan fingerprint density at radius 3 is 3.12 bits per heavy atom. The van der Waals surface area contributed by atoms with Gasteiger partial charge < -0.3 is 10.4 Å². The number of aliphatic hydroxyl groups excluding tert-OH is 1. The van der Waals surface area contributed by atoms with Crippen molar-refractivity contribution in [3.8, 4) is 0 Å². The van der Waals surface area contributed by atoms with Gasteiger partial charge in [0, 0.05) is 23.7 Å². The summed E-state index contributed by atoms with van der Waals surface area (Å²) in [5.41, 5.74) is 1.07. The summed E-state index contributed by atoms with van der Waals surface area (Å²) in [7, 11) is 0. The first kappa shape index (κ1) is 10.8. The van der Waals surface area contributed by atoms with Crippen LogP contribution in [0.15, 0.2) is 10.7 Å². The minimum Gasteiger partial charge on any atom is -0.393 e. The Kier molecular flexibility index (Phi) is 2.42. The van der Waals surface area contributed by atoms with Gasteiger partial charge in [-0.15, -0.1) is 0 Å². The van der Waals surface area contributed by atoms with E-state index >= 15 is 0 Å². The van der Waals surface area contributed by atoms with Gasteiger partial charge in [0.05, 0.1) is 15.6 Å². The number of fused-ring (bicyclic) bond motifs is 2. The third-order valence-electron chi connectivity index (χ3n) is 3.68. The summed E-state index contributed by atoms with van der Waals surface area (Å²) in [4.78, 5) is 4.34. The van der Waals surface area contributed by atoms with Crippen molar-refractivity contribution in [2.24, 2.45) is 0 Å². The highest BCUT2D eigenvalue weighted by molar-refractivity contribution is 9.10. The van der Waals surface area contributed by atoms with Gasteiger partial charge in [0.15, 0.2) is 0 Å². The summed E-state index contributed by atoms with van der Waals surface area (Å²) in [5.74, 6) is 0.877. The summed E-state index contributed by atoms with van der Waals surface area (Å²) in [6.45, 7) is 0.836. The van der Waals surface area contributed by atoms with Crippen molar-refractivity contribution in [1.82, 2.24) is 4.98 Å². The standard InChI is InChI=1S/C11H12BrClN2O/c12-7-4-14-10-8(9(7)13)11(5-15-10)2-1-6(16)3-11/h4,6,16H,1-3,5H2,(H,14,15). The smallest absolute Gasteiger partial charge is 0.131 e. The van der Waals surface area contributed by atoms with Crippen molar-refractivity contribution in [3.63, 3.8) is 0 Å². The fourth-order valence-electron chi connectivity index (χ4n) is 2.91. The maximum Gasteiger partial charge on any atom is 0.131 e. The molecule has 2 heterocycles. The largest absolute Gasteiger partial charge is 0.393 e. The second-order valence-electron chi connectivity index (χ2n) is 4.67. The van der Waals surface area contributed by atoms with Crippen LogP contribution in [0.5, 0.6) is 0 Å². The maximum absolute atomic E-state index is 9.74. The third kappa shape index (κ3) is 1.40. The van der Waals surface area contributed by atoms with Crippen molar-refractivity contribution in [1.29, 1.82) is 0 Å². The fourth-order valence-corrected chi connectivity index (χ4v) is 3.55. The van der Waals surface area contributed by atoms with E-state index in [4.69, 9.17) is 11.6 Å². The molecule has 86 valence electrons. The molecule has 5 heteroatoms. The topological polar surface area (TPSA) is 45.1 Å². The van der Waals surface area contributed by atoms with E-state index in [0.29, 0.717) is 0 Å². The minimum absolute atomic E-state index is 0.0113.